The van der Waals surface area contributed by atoms with E-state index >= 15 is 0 Å². The number of carbonyl (C=O) groups excluding carboxylic acids is 1. The van der Waals surface area contributed by atoms with Gasteiger partial charge < -0.3 is 5.32 Å². The highest BCUT2D eigenvalue weighted by Gasteiger charge is 2.45. The van der Waals surface area contributed by atoms with E-state index in [9.17, 15) is 4.79 Å². The highest BCUT2D eigenvalue weighted by atomic mass is 127. The number of piperidine rings is 1. The Morgan fingerprint density at radius 3 is 2.60 bits per heavy atom. The van der Waals surface area contributed by atoms with Crippen LogP contribution in [0, 0.1) is 15.4 Å². The van der Waals surface area contributed by atoms with Crippen molar-refractivity contribution in [3.05, 3.63) is 33.4 Å². The van der Waals surface area contributed by atoms with E-state index in [2.05, 4.69) is 52.2 Å². The lowest BCUT2D eigenvalue weighted by atomic mass is 9.73. The first-order chi connectivity index (χ1) is 9.56. The molecule has 0 aromatic heterocycles. The van der Waals surface area contributed by atoms with Crippen LogP contribution in [0.4, 0.5) is 0 Å². The van der Waals surface area contributed by atoms with Crippen LogP contribution in [0.3, 0.4) is 0 Å². The standard InChI is InChI=1S/C17H22INO/c1-10(2)17(20)16-14(9-13-7-8-15(16)19-13)11-3-5-12(18)6-4-11/h3-6,10,13-16,19H,7-9H2,1-2H3. The molecule has 4 unspecified atom stereocenters. The molecule has 2 nitrogen and oxygen atoms in total. The second-order valence-electron chi connectivity index (χ2n) is 6.52. The molecule has 2 saturated heterocycles. The van der Waals surface area contributed by atoms with Gasteiger partial charge in [-0.15, -0.1) is 0 Å². The summed E-state index contributed by atoms with van der Waals surface area (Å²) in [7, 11) is 0. The Labute approximate surface area is 134 Å². The maximum absolute atomic E-state index is 12.7. The molecule has 1 aromatic rings. The third-order valence-corrected chi connectivity index (χ3v) is 5.60. The molecule has 2 aliphatic heterocycles. The van der Waals surface area contributed by atoms with Crippen LogP contribution in [0.2, 0.25) is 0 Å². The predicted octanol–water partition coefficient (Wildman–Crippen LogP) is 3.74. The summed E-state index contributed by atoms with van der Waals surface area (Å²) in [6, 6.07) is 9.77. The van der Waals surface area contributed by atoms with Crippen molar-refractivity contribution < 1.29 is 4.79 Å². The van der Waals surface area contributed by atoms with Gasteiger partial charge in [-0.25, -0.2) is 0 Å². The van der Waals surface area contributed by atoms with Gasteiger partial charge in [0.15, 0.2) is 0 Å². The van der Waals surface area contributed by atoms with Crippen LogP contribution < -0.4 is 5.32 Å². The van der Waals surface area contributed by atoms with Gasteiger partial charge in [0.1, 0.15) is 5.78 Å². The number of carbonyl (C=O) groups is 1. The molecule has 108 valence electrons. The van der Waals surface area contributed by atoms with Crippen molar-refractivity contribution in [3.8, 4) is 0 Å². The van der Waals surface area contributed by atoms with E-state index in [1.165, 1.54) is 15.6 Å². The number of Topliss-reactive ketones (excluding diaryl/α,β-unsaturated/α-hetero) is 1. The minimum Gasteiger partial charge on any atom is -0.310 e. The zero-order valence-corrected chi connectivity index (χ0v) is 14.3. The molecule has 3 rings (SSSR count). The third kappa shape index (κ3) is 2.67. The van der Waals surface area contributed by atoms with Crippen LogP contribution in [0.15, 0.2) is 24.3 Å². The topological polar surface area (TPSA) is 29.1 Å². The molecule has 0 aliphatic carbocycles. The maximum atomic E-state index is 12.7. The molecule has 1 N–H and O–H groups in total. The van der Waals surface area contributed by atoms with E-state index in [0.717, 1.165) is 12.8 Å². The van der Waals surface area contributed by atoms with Crippen LogP contribution in [-0.2, 0) is 4.79 Å². The van der Waals surface area contributed by atoms with Gasteiger partial charge in [-0.2, -0.15) is 0 Å². The Balaban J connectivity index is 1.93. The van der Waals surface area contributed by atoms with Crippen LogP contribution in [0.25, 0.3) is 0 Å². The van der Waals surface area contributed by atoms with E-state index in [1.54, 1.807) is 0 Å². The fourth-order valence-electron chi connectivity index (χ4n) is 3.89. The highest BCUT2D eigenvalue weighted by Crippen LogP contribution is 2.43. The molecule has 4 atom stereocenters. The maximum Gasteiger partial charge on any atom is 0.140 e. The first kappa shape index (κ1) is 14.5. The average molecular weight is 383 g/mol. The second kappa shape index (κ2) is 5.76. The summed E-state index contributed by atoms with van der Waals surface area (Å²) in [6.07, 6.45) is 3.50. The van der Waals surface area contributed by atoms with Crippen molar-refractivity contribution in [1.82, 2.24) is 5.32 Å². The summed E-state index contributed by atoms with van der Waals surface area (Å²) < 4.78 is 1.26. The number of halogens is 1. The van der Waals surface area contributed by atoms with Gasteiger partial charge in [0.05, 0.1) is 0 Å². The van der Waals surface area contributed by atoms with E-state index in [1.807, 2.05) is 13.8 Å². The van der Waals surface area contributed by atoms with Crippen molar-refractivity contribution in [2.24, 2.45) is 11.8 Å². The molecule has 2 bridgehead atoms. The largest absolute Gasteiger partial charge is 0.310 e. The smallest absolute Gasteiger partial charge is 0.140 e. The minimum atomic E-state index is 0.130. The number of fused-ring (bicyclic) bond motifs is 2. The molecule has 2 aliphatic rings. The van der Waals surface area contributed by atoms with E-state index in [0.29, 0.717) is 23.8 Å². The predicted molar refractivity (Wildman–Crippen MR) is 89.8 cm³/mol. The van der Waals surface area contributed by atoms with Crippen molar-refractivity contribution in [2.45, 2.75) is 51.1 Å². The fourth-order valence-corrected chi connectivity index (χ4v) is 4.25. The summed E-state index contributed by atoms with van der Waals surface area (Å²) in [4.78, 5) is 12.7. The molecule has 20 heavy (non-hydrogen) atoms. The van der Waals surface area contributed by atoms with E-state index in [4.69, 9.17) is 0 Å². The Bertz CT molecular complexity index is 496. The number of hydrogen-bond acceptors (Lipinski definition) is 2. The van der Waals surface area contributed by atoms with Crippen LogP contribution >= 0.6 is 22.6 Å². The second-order valence-corrected chi connectivity index (χ2v) is 7.77. The van der Waals surface area contributed by atoms with E-state index < -0.39 is 0 Å². The summed E-state index contributed by atoms with van der Waals surface area (Å²) in [5.41, 5.74) is 1.35. The van der Waals surface area contributed by atoms with Gasteiger partial charge in [-0.1, -0.05) is 26.0 Å². The Hall–Kier alpha value is -0.420. The molecule has 3 heteroatoms. The van der Waals surface area contributed by atoms with E-state index in [-0.39, 0.29) is 11.8 Å². The Kier molecular flexibility index (Phi) is 4.18. The van der Waals surface area contributed by atoms with Crippen molar-refractivity contribution in [1.29, 1.82) is 0 Å². The molecule has 0 saturated carbocycles. The number of nitrogens with one attached hydrogen (secondary N) is 1. The summed E-state index contributed by atoms with van der Waals surface area (Å²) in [5, 5.41) is 3.66. The average Bonchev–Trinajstić information content (AvgIpc) is 2.80. The number of benzene rings is 1. The zero-order valence-electron chi connectivity index (χ0n) is 12.1. The minimum absolute atomic E-state index is 0.130. The number of rotatable bonds is 3. The van der Waals surface area contributed by atoms with Crippen molar-refractivity contribution in [3.63, 3.8) is 0 Å². The monoisotopic (exact) mass is 383 g/mol. The van der Waals surface area contributed by atoms with Gasteiger partial charge in [0.25, 0.3) is 0 Å². The fraction of sp³-hybridized carbons (Fsp3) is 0.588. The number of hydrogen-bond donors (Lipinski definition) is 1. The molecular formula is C17H22INO. The molecule has 2 fully saturated rings. The summed E-state index contributed by atoms with van der Waals surface area (Å²) in [5.74, 6) is 1.13. The number of ketones is 1. The van der Waals surface area contributed by atoms with Gasteiger partial charge in [0.2, 0.25) is 0 Å². The van der Waals surface area contributed by atoms with Crippen LogP contribution in [0.1, 0.15) is 44.6 Å². The molecule has 0 amide bonds. The molecule has 1 aromatic carbocycles. The van der Waals surface area contributed by atoms with Crippen molar-refractivity contribution in [2.75, 3.05) is 0 Å². The van der Waals surface area contributed by atoms with Gasteiger partial charge in [-0.3, -0.25) is 4.79 Å². The molecule has 0 radical (unpaired) electrons. The van der Waals surface area contributed by atoms with Gasteiger partial charge >= 0.3 is 0 Å². The first-order valence-corrected chi connectivity index (χ1v) is 8.69. The lowest BCUT2D eigenvalue weighted by molar-refractivity contribution is -0.128. The first-order valence-electron chi connectivity index (χ1n) is 7.61. The Morgan fingerprint density at radius 2 is 1.95 bits per heavy atom. The summed E-state index contributed by atoms with van der Waals surface area (Å²) in [6.45, 7) is 4.07. The molecular weight excluding hydrogens is 361 g/mol. The Morgan fingerprint density at radius 1 is 1.25 bits per heavy atom. The zero-order chi connectivity index (χ0) is 14.3. The van der Waals surface area contributed by atoms with Gasteiger partial charge in [-0.05, 0) is 65.5 Å². The SMILES string of the molecule is CC(C)C(=O)C1C2CCC(CC1c1ccc(I)cc1)N2. The van der Waals surface area contributed by atoms with Crippen molar-refractivity contribution >= 4 is 28.4 Å². The third-order valence-electron chi connectivity index (χ3n) is 4.88. The quantitative estimate of drug-likeness (QED) is 0.806. The van der Waals surface area contributed by atoms with Crippen LogP contribution in [0.5, 0.6) is 0 Å². The molecule has 2 heterocycles. The normalized spacial score (nSPS) is 32.6. The highest BCUT2D eigenvalue weighted by molar-refractivity contribution is 14.1. The lowest BCUT2D eigenvalue weighted by Gasteiger charge is -2.38. The summed E-state index contributed by atoms with van der Waals surface area (Å²) >= 11 is 2.34. The lowest BCUT2D eigenvalue weighted by Crippen LogP contribution is -2.48. The van der Waals surface area contributed by atoms with Gasteiger partial charge in [0, 0.05) is 27.5 Å². The van der Waals surface area contributed by atoms with Crippen LogP contribution in [-0.4, -0.2) is 17.9 Å². The molecule has 0 spiro atoms.